The third-order valence-corrected chi connectivity index (χ3v) is 22.3. The SMILES string of the molecule is C=CCn1c(C(=O)N2CCNCC2)c(-c2ccccc2)n(C2CCCC[C@H]2O)c1=O.O=C(c1c(-c2ccccc2)n(C2CCCC[C@H]2O)c(=O)n1CC1CCCCC1)N1CCNCC1.O=C(c1c(-c2ccccc2)n(C2CCCC[C@H]2O)c(=O)n1Cc1cccc(Oc2ccccc2)c1)N1CCNCC1. The van der Waals surface area contributed by atoms with Gasteiger partial charge in [0.2, 0.25) is 0 Å². The molecule has 5 aromatic carbocycles. The molecule has 4 aliphatic carbocycles. The molecule has 0 bridgehead atoms. The highest BCUT2D eigenvalue weighted by Gasteiger charge is 2.40. The molecule has 3 saturated heterocycles. The number of aliphatic hydroxyl groups is 3. The molecule has 3 aromatic heterocycles. The van der Waals surface area contributed by atoms with E-state index in [0.717, 1.165) is 118 Å². The van der Waals surface area contributed by atoms with Crippen molar-refractivity contribution in [3.8, 4) is 45.3 Å². The molecule has 0 radical (unpaired) electrons. The molecule has 3 aliphatic heterocycles. The molecule has 15 rings (SSSR count). The van der Waals surface area contributed by atoms with Crippen LogP contribution in [0.5, 0.6) is 11.5 Å². The van der Waals surface area contributed by atoms with E-state index < -0.39 is 24.4 Å². The monoisotopic (exact) mass is 1430 g/mol. The van der Waals surface area contributed by atoms with E-state index in [1.54, 1.807) is 33.8 Å². The fourth-order valence-corrected chi connectivity index (χ4v) is 16.9. The number of benzene rings is 5. The number of para-hydroxylation sites is 1. The molecule has 22 heteroatoms. The number of carbonyl (C=O) groups excluding carboxylic acids is 3. The van der Waals surface area contributed by atoms with Crippen LogP contribution in [0, 0.1) is 5.92 Å². The number of carbonyl (C=O) groups is 3. The number of imidazole rings is 3. The Balaban J connectivity index is 0.000000142. The zero-order valence-electron chi connectivity index (χ0n) is 60.5. The lowest BCUT2D eigenvalue weighted by Gasteiger charge is -2.30. The van der Waals surface area contributed by atoms with Crippen LogP contribution in [0.1, 0.15) is 164 Å². The van der Waals surface area contributed by atoms with Gasteiger partial charge in [-0.1, -0.05) is 185 Å². The van der Waals surface area contributed by atoms with Crippen molar-refractivity contribution in [3.63, 3.8) is 0 Å². The van der Waals surface area contributed by atoms with Gasteiger partial charge in [-0.05, 0) is 87.1 Å². The second-order valence-electron chi connectivity index (χ2n) is 29.2. The Kier molecular flexibility index (Phi) is 24.9. The summed E-state index contributed by atoms with van der Waals surface area (Å²) in [5, 5.41) is 42.7. The quantitative estimate of drug-likeness (QED) is 0.0465. The van der Waals surface area contributed by atoms with Crippen LogP contribution in [0.4, 0.5) is 0 Å². The first-order chi connectivity index (χ1) is 51.4. The van der Waals surface area contributed by atoms with Crippen LogP contribution < -0.4 is 37.8 Å². The smallest absolute Gasteiger partial charge is 0.329 e. The summed E-state index contributed by atoms with van der Waals surface area (Å²) in [7, 11) is 0. The van der Waals surface area contributed by atoms with Crippen molar-refractivity contribution in [1.29, 1.82) is 0 Å². The number of ether oxygens (including phenoxy) is 1. The summed E-state index contributed by atoms with van der Waals surface area (Å²) in [6, 6.07) is 45.2. The topological polar surface area (TPSA) is 248 Å². The Labute approximate surface area is 614 Å². The molecule has 6 atom stereocenters. The normalized spacial score (nSPS) is 21.7. The molecule has 0 spiro atoms. The van der Waals surface area contributed by atoms with Gasteiger partial charge in [-0.2, -0.15) is 0 Å². The standard InChI is InChI=1S/C33H36N4O4.C27H38N4O3.C23H30N4O3/c38-29-17-8-7-16-28(29)37-30(25-11-3-1-4-12-25)31(32(39)35-20-18-34-19-21-35)36(33(37)40)23-24-10-9-15-27(22-24)41-26-13-5-2-6-14-26;32-23-14-8-7-13-22(23)31-24(21-11-5-2-6-12-21)25(26(33)29-17-15-28-16-18-29)30(27(31)34)19-20-9-3-1-4-10-20;1-2-14-26-21(22(29)25-15-12-24-13-16-25)20(17-8-4-3-5-9-17)27(23(26)30)18-10-6-7-11-19(18)28/h1-6,9-15,22,28-29,34,38H,7-8,16-21,23H2;2,5-6,11-12,20,22-23,28,32H,1,3-4,7-10,13-19H2;2-5,8-9,18-19,24,28H,1,6-7,10-16H2/t28?,29-;22?,23-;18?,19-/m111/s1. The number of nitrogens with one attached hydrogen (secondary N) is 3. The lowest BCUT2D eigenvalue weighted by atomic mass is 9.89. The van der Waals surface area contributed by atoms with Crippen LogP contribution in [0.15, 0.2) is 173 Å². The van der Waals surface area contributed by atoms with Gasteiger partial charge in [-0.3, -0.25) is 41.8 Å². The first kappa shape index (κ1) is 74.1. The molecular formula is C83H104N12O10. The number of piperazine rings is 3. The van der Waals surface area contributed by atoms with Gasteiger partial charge in [0.15, 0.2) is 0 Å². The summed E-state index contributed by atoms with van der Waals surface area (Å²) in [4.78, 5) is 89.6. The molecule has 3 unspecified atom stereocenters. The maximum atomic E-state index is 14.4. The predicted octanol–water partition coefficient (Wildman–Crippen LogP) is 10.1. The highest BCUT2D eigenvalue weighted by Crippen LogP contribution is 2.39. The molecule has 105 heavy (non-hydrogen) atoms. The number of rotatable bonds is 17. The number of aromatic nitrogens is 6. The highest BCUT2D eigenvalue weighted by molar-refractivity contribution is 6.00. The van der Waals surface area contributed by atoms with Crippen LogP contribution in [0.2, 0.25) is 0 Å². The number of allylic oxidation sites excluding steroid dienone is 1. The van der Waals surface area contributed by atoms with Gasteiger partial charge in [0.1, 0.15) is 28.6 Å². The molecule has 3 amide bonds. The van der Waals surface area contributed by atoms with Gasteiger partial charge in [-0.25, -0.2) is 14.4 Å². The molecule has 6 N–H and O–H groups in total. The van der Waals surface area contributed by atoms with E-state index in [-0.39, 0.29) is 60.0 Å². The van der Waals surface area contributed by atoms with Crippen LogP contribution in [0.25, 0.3) is 33.8 Å². The number of aliphatic hydroxyl groups excluding tert-OH is 3. The summed E-state index contributed by atoms with van der Waals surface area (Å²) in [5.74, 6) is 1.43. The Morgan fingerprint density at radius 2 is 0.752 bits per heavy atom. The van der Waals surface area contributed by atoms with Crippen molar-refractivity contribution in [3.05, 3.63) is 212 Å². The number of amides is 3. The zero-order valence-corrected chi connectivity index (χ0v) is 60.5. The second kappa shape index (κ2) is 35.3. The van der Waals surface area contributed by atoms with Gasteiger partial charge >= 0.3 is 17.1 Å². The van der Waals surface area contributed by atoms with Gasteiger partial charge in [0.25, 0.3) is 17.7 Å². The minimum absolute atomic E-state index is 0.0580. The van der Waals surface area contributed by atoms with Crippen LogP contribution >= 0.6 is 0 Å². The molecule has 8 aromatic rings. The molecule has 7 aliphatic rings. The highest BCUT2D eigenvalue weighted by atomic mass is 16.5. The first-order valence-corrected chi connectivity index (χ1v) is 38.6. The van der Waals surface area contributed by atoms with Crippen molar-refractivity contribution in [2.45, 2.75) is 165 Å². The van der Waals surface area contributed by atoms with Crippen molar-refractivity contribution in [2.24, 2.45) is 5.92 Å². The Morgan fingerprint density at radius 3 is 1.15 bits per heavy atom. The Hall–Kier alpha value is -9.16. The number of hydrogen-bond acceptors (Lipinski definition) is 13. The van der Waals surface area contributed by atoms with Crippen molar-refractivity contribution in [2.75, 3.05) is 78.5 Å². The summed E-state index contributed by atoms with van der Waals surface area (Å²) >= 11 is 0. The van der Waals surface area contributed by atoms with Gasteiger partial charge in [-0.15, -0.1) is 6.58 Å². The molecular weight excluding hydrogens is 1320 g/mol. The van der Waals surface area contributed by atoms with Crippen molar-refractivity contribution < 1.29 is 34.4 Å². The summed E-state index contributed by atoms with van der Waals surface area (Å²) in [6.07, 6.45) is 15.5. The van der Waals surface area contributed by atoms with E-state index in [9.17, 15) is 44.1 Å². The van der Waals surface area contributed by atoms with Crippen LogP contribution in [-0.2, 0) is 19.6 Å². The minimum Gasteiger partial charge on any atom is -0.457 e. The summed E-state index contributed by atoms with van der Waals surface area (Å²) in [5.41, 5.74) is 5.83. The average molecular weight is 1430 g/mol. The average Bonchev–Trinajstić information content (AvgIpc) is 1.61. The molecule has 4 saturated carbocycles. The van der Waals surface area contributed by atoms with E-state index in [2.05, 4.69) is 22.5 Å². The lowest BCUT2D eigenvalue weighted by molar-refractivity contribution is 0.0715. The van der Waals surface area contributed by atoms with Gasteiger partial charge in [0.05, 0.1) is 60.1 Å². The van der Waals surface area contributed by atoms with Gasteiger partial charge in [0, 0.05) is 108 Å². The van der Waals surface area contributed by atoms with Gasteiger partial charge < -0.3 is 50.7 Å². The van der Waals surface area contributed by atoms with E-state index >= 15 is 0 Å². The number of hydrogen-bond donors (Lipinski definition) is 6. The zero-order chi connectivity index (χ0) is 72.8. The second-order valence-corrected chi connectivity index (χ2v) is 29.2. The maximum Gasteiger partial charge on any atom is 0.329 e. The first-order valence-electron chi connectivity index (χ1n) is 38.6. The summed E-state index contributed by atoms with van der Waals surface area (Å²) < 4.78 is 16.2. The fraction of sp³-hybridized carbons (Fsp3) is 0.470. The molecule has 7 fully saturated rings. The van der Waals surface area contributed by atoms with Crippen molar-refractivity contribution >= 4 is 17.7 Å². The Bertz CT molecular complexity index is 4400. The lowest BCUT2D eigenvalue weighted by Crippen LogP contribution is -2.47. The van der Waals surface area contributed by atoms with E-state index in [1.165, 1.54) is 23.8 Å². The predicted molar refractivity (Wildman–Crippen MR) is 408 cm³/mol. The Morgan fingerprint density at radius 1 is 0.410 bits per heavy atom. The van der Waals surface area contributed by atoms with Crippen LogP contribution in [-0.4, -0.2) is 172 Å². The summed E-state index contributed by atoms with van der Waals surface area (Å²) in [6.45, 7) is 12.9. The van der Waals surface area contributed by atoms with E-state index in [4.69, 9.17) is 4.74 Å². The van der Waals surface area contributed by atoms with E-state index in [1.807, 2.05) is 155 Å². The molecule has 556 valence electrons. The van der Waals surface area contributed by atoms with E-state index in [0.29, 0.717) is 130 Å². The third-order valence-electron chi connectivity index (χ3n) is 22.3. The third kappa shape index (κ3) is 16.8. The molecule has 6 heterocycles. The van der Waals surface area contributed by atoms with Crippen LogP contribution in [0.3, 0.4) is 0 Å². The molecule has 22 nitrogen and oxygen atoms in total. The largest absolute Gasteiger partial charge is 0.457 e. The maximum absolute atomic E-state index is 14.4. The van der Waals surface area contributed by atoms with Crippen molar-refractivity contribution in [1.82, 2.24) is 58.1 Å². The number of nitrogens with zero attached hydrogens (tertiary/aromatic N) is 9. The fourth-order valence-electron chi connectivity index (χ4n) is 16.9. The minimum atomic E-state index is -0.649.